The molecule has 0 saturated carbocycles. The van der Waals surface area contributed by atoms with Gasteiger partial charge in [-0.25, -0.2) is 12.4 Å². The van der Waals surface area contributed by atoms with E-state index in [4.69, 9.17) is 14.6 Å². The van der Waals surface area contributed by atoms with E-state index in [-0.39, 0.29) is 29.6 Å². The lowest BCUT2D eigenvalue weighted by Crippen LogP contribution is -2.12. The van der Waals surface area contributed by atoms with Gasteiger partial charge in [0.25, 0.3) is 10.0 Å². The number of aliphatic hydroxyl groups is 1. The van der Waals surface area contributed by atoms with Gasteiger partial charge in [-0.05, 0) is 30.3 Å². The summed E-state index contributed by atoms with van der Waals surface area (Å²) in [7, 11) is -3.79. The van der Waals surface area contributed by atoms with Gasteiger partial charge in [0.2, 0.25) is 0 Å². The molecule has 7 nitrogen and oxygen atoms in total. The Balaban J connectivity index is 2.13. The van der Waals surface area contributed by atoms with E-state index < -0.39 is 16.0 Å². The van der Waals surface area contributed by atoms with Crippen molar-refractivity contribution in [3.63, 3.8) is 0 Å². The third-order valence-electron chi connectivity index (χ3n) is 3.85. The van der Waals surface area contributed by atoms with Crippen LogP contribution in [0.3, 0.4) is 0 Å². The van der Waals surface area contributed by atoms with E-state index >= 15 is 0 Å². The normalized spacial score (nSPS) is 11.5. The molecule has 0 bridgehead atoms. The van der Waals surface area contributed by atoms with Crippen LogP contribution >= 0.6 is 0 Å². The van der Waals surface area contributed by atoms with Crippen molar-refractivity contribution >= 4 is 26.9 Å². The van der Waals surface area contributed by atoms with Crippen molar-refractivity contribution in [2.45, 2.75) is 18.2 Å². The Morgan fingerprint density at radius 2 is 1.85 bits per heavy atom. The Hall–Kier alpha value is -2.84. The fourth-order valence-corrected chi connectivity index (χ4v) is 4.05. The van der Waals surface area contributed by atoms with Gasteiger partial charge in [-0.3, -0.25) is 4.79 Å². The van der Waals surface area contributed by atoms with Crippen LogP contribution in [0.2, 0.25) is 0 Å². The van der Waals surface area contributed by atoms with E-state index in [1.54, 1.807) is 30.3 Å². The molecule has 0 unspecified atom stereocenters. The molecule has 3 rings (SSSR count). The summed E-state index contributed by atoms with van der Waals surface area (Å²) in [5.74, 6) is -0.0568. The molecule has 0 saturated heterocycles. The Labute approximate surface area is 156 Å². The quantitative estimate of drug-likeness (QED) is 0.379. The van der Waals surface area contributed by atoms with Crippen LogP contribution in [0.25, 0.3) is 10.9 Å². The van der Waals surface area contributed by atoms with E-state index in [1.807, 2.05) is 0 Å². The lowest BCUT2D eigenvalue weighted by molar-refractivity contribution is -0.132. The predicted octanol–water partition coefficient (Wildman–Crippen LogP) is 2.56. The van der Waals surface area contributed by atoms with Crippen molar-refractivity contribution in [3.8, 4) is 11.5 Å². The number of esters is 1. The molecule has 8 heteroatoms. The highest BCUT2D eigenvalue weighted by Gasteiger charge is 2.22. The number of carbonyl (C=O) groups excluding carboxylic acids is 1. The van der Waals surface area contributed by atoms with Gasteiger partial charge in [0.15, 0.2) is 11.5 Å². The number of ether oxygens (including phenoxy) is 2. The molecular formula is C19H19NO6S. The van der Waals surface area contributed by atoms with Gasteiger partial charge in [0.1, 0.15) is 0 Å². The number of hydrogen-bond donors (Lipinski definition) is 1. The van der Waals surface area contributed by atoms with Crippen LogP contribution in [0.1, 0.15) is 13.3 Å². The van der Waals surface area contributed by atoms with E-state index in [2.05, 4.69) is 0 Å². The molecule has 2 aromatic carbocycles. The largest absolute Gasteiger partial charge is 0.489 e. The Bertz CT molecular complexity index is 1060. The maximum absolute atomic E-state index is 12.9. The molecular weight excluding hydrogens is 370 g/mol. The second-order valence-electron chi connectivity index (χ2n) is 5.77. The van der Waals surface area contributed by atoms with E-state index in [1.165, 1.54) is 31.3 Å². The minimum atomic E-state index is -3.79. The summed E-state index contributed by atoms with van der Waals surface area (Å²) < 4.78 is 37.9. The number of rotatable bonds is 7. The fraction of sp³-hybridized carbons (Fsp3) is 0.211. The van der Waals surface area contributed by atoms with Crippen molar-refractivity contribution in [3.05, 3.63) is 54.7 Å². The molecule has 0 radical (unpaired) electrons. The smallest absolute Gasteiger partial charge is 0.308 e. The van der Waals surface area contributed by atoms with Crippen molar-refractivity contribution in [2.75, 3.05) is 13.2 Å². The average molecular weight is 389 g/mol. The monoisotopic (exact) mass is 389 g/mol. The fourth-order valence-electron chi connectivity index (χ4n) is 2.68. The summed E-state index contributed by atoms with van der Waals surface area (Å²) in [5.41, 5.74) is 0.397. The summed E-state index contributed by atoms with van der Waals surface area (Å²) in [6.07, 6.45) is 1.82. The highest BCUT2D eigenvalue weighted by molar-refractivity contribution is 7.90. The van der Waals surface area contributed by atoms with Gasteiger partial charge in [-0.15, -0.1) is 0 Å². The molecule has 0 aliphatic rings. The molecule has 27 heavy (non-hydrogen) atoms. The third kappa shape index (κ3) is 3.81. The zero-order valence-corrected chi connectivity index (χ0v) is 15.5. The van der Waals surface area contributed by atoms with Crippen molar-refractivity contribution < 1.29 is 27.8 Å². The summed E-state index contributed by atoms with van der Waals surface area (Å²) in [6.45, 7) is 1.41. The van der Waals surface area contributed by atoms with Gasteiger partial charge in [-0.1, -0.05) is 18.2 Å². The zero-order chi connectivity index (χ0) is 19.4. The zero-order valence-electron chi connectivity index (χ0n) is 14.7. The molecule has 0 spiro atoms. The first-order valence-corrected chi connectivity index (χ1v) is 9.76. The summed E-state index contributed by atoms with van der Waals surface area (Å²) in [4.78, 5) is 11.5. The molecule has 0 aliphatic carbocycles. The highest BCUT2D eigenvalue weighted by Crippen LogP contribution is 2.37. The second kappa shape index (κ2) is 7.81. The number of nitrogens with zero attached hydrogens (tertiary/aromatic N) is 1. The lowest BCUT2D eigenvalue weighted by atomic mass is 10.2. The molecule has 0 atom stereocenters. The minimum Gasteiger partial charge on any atom is -0.489 e. The van der Waals surface area contributed by atoms with E-state index in [9.17, 15) is 13.2 Å². The third-order valence-corrected chi connectivity index (χ3v) is 5.56. The SMILES string of the molecule is CC(=O)Oc1ccc2c(ccn2S(=O)(=O)c2ccccc2)c1OCCCO. The number of aliphatic hydroxyl groups excluding tert-OH is 1. The van der Waals surface area contributed by atoms with Crippen LogP contribution in [0, 0.1) is 0 Å². The van der Waals surface area contributed by atoms with Gasteiger partial charge < -0.3 is 14.6 Å². The number of aromatic nitrogens is 1. The molecule has 1 aromatic heterocycles. The maximum Gasteiger partial charge on any atom is 0.308 e. The average Bonchev–Trinajstić information content (AvgIpc) is 3.09. The molecule has 142 valence electrons. The number of hydrogen-bond acceptors (Lipinski definition) is 6. The number of fused-ring (bicyclic) bond motifs is 1. The van der Waals surface area contributed by atoms with Gasteiger partial charge in [0.05, 0.1) is 17.0 Å². The first-order chi connectivity index (χ1) is 12.9. The Kier molecular flexibility index (Phi) is 5.48. The van der Waals surface area contributed by atoms with Crippen LogP contribution in [0.15, 0.2) is 59.6 Å². The van der Waals surface area contributed by atoms with Crippen LogP contribution in [-0.2, 0) is 14.8 Å². The van der Waals surface area contributed by atoms with Crippen LogP contribution in [0.5, 0.6) is 11.5 Å². The maximum atomic E-state index is 12.9. The Morgan fingerprint density at radius 1 is 1.11 bits per heavy atom. The van der Waals surface area contributed by atoms with E-state index in [0.29, 0.717) is 17.3 Å². The van der Waals surface area contributed by atoms with Crippen molar-refractivity contribution in [1.29, 1.82) is 0 Å². The topological polar surface area (TPSA) is 94.8 Å². The van der Waals surface area contributed by atoms with Gasteiger partial charge >= 0.3 is 5.97 Å². The molecule has 1 heterocycles. The molecule has 0 fully saturated rings. The van der Waals surface area contributed by atoms with Gasteiger partial charge in [0, 0.05) is 31.5 Å². The first kappa shape index (κ1) is 18.9. The lowest BCUT2D eigenvalue weighted by Gasteiger charge is -2.13. The van der Waals surface area contributed by atoms with Crippen LogP contribution in [0.4, 0.5) is 0 Å². The van der Waals surface area contributed by atoms with E-state index in [0.717, 1.165) is 3.97 Å². The summed E-state index contributed by atoms with van der Waals surface area (Å²) in [5, 5.41) is 9.45. The summed E-state index contributed by atoms with van der Waals surface area (Å²) in [6, 6.07) is 12.7. The van der Waals surface area contributed by atoms with Crippen LogP contribution in [-0.4, -0.2) is 36.7 Å². The Morgan fingerprint density at radius 3 is 2.52 bits per heavy atom. The second-order valence-corrected chi connectivity index (χ2v) is 7.59. The van der Waals surface area contributed by atoms with Gasteiger partial charge in [-0.2, -0.15) is 0 Å². The molecule has 3 aromatic rings. The predicted molar refractivity (Wildman–Crippen MR) is 99.5 cm³/mol. The molecule has 0 amide bonds. The molecule has 0 aliphatic heterocycles. The van der Waals surface area contributed by atoms with Crippen LogP contribution < -0.4 is 9.47 Å². The molecule has 1 N–H and O–H groups in total. The minimum absolute atomic E-state index is 0.0533. The first-order valence-electron chi connectivity index (χ1n) is 8.32. The summed E-state index contributed by atoms with van der Waals surface area (Å²) >= 11 is 0. The van der Waals surface area contributed by atoms with Crippen molar-refractivity contribution in [2.24, 2.45) is 0 Å². The standard InChI is InChI=1S/C19H19NO6S/c1-14(22)26-18-9-8-17-16(19(18)25-13-5-12-21)10-11-20(17)27(23,24)15-6-3-2-4-7-15/h2-4,6-11,21H,5,12-13H2,1H3. The number of carbonyl (C=O) groups is 1. The highest BCUT2D eigenvalue weighted by atomic mass is 32.2. The van der Waals surface area contributed by atoms with Crippen molar-refractivity contribution in [1.82, 2.24) is 3.97 Å². The number of benzene rings is 2.